The molecule has 3 rings (SSSR count). The number of nitrogens with zero attached hydrogens (tertiary/aromatic N) is 2. The normalized spacial score (nSPS) is 22.4. The van der Waals surface area contributed by atoms with Crippen molar-refractivity contribution in [3.63, 3.8) is 0 Å². The zero-order valence-corrected chi connectivity index (χ0v) is 15.9. The van der Waals surface area contributed by atoms with Crippen LogP contribution in [0.4, 0.5) is 10.1 Å². The summed E-state index contributed by atoms with van der Waals surface area (Å²) in [6.45, 7) is 4.67. The van der Waals surface area contributed by atoms with E-state index in [0.717, 1.165) is 17.3 Å². The van der Waals surface area contributed by atoms with Crippen molar-refractivity contribution in [3.05, 3.63) is 30.1 Å². The molecule has 2 fully saturated rings. The number of likely N-dealkylation sites (tertiary alicyclic amines) is 2. The second kappa shape index (κ2) is 9.48. The average molecular weight is 364 g/mol. The van der Waals surface area contributed by atoms with Crippen molar-refractivity contribution in [2.24, 2.45) is 0 Å². The van der Waals surface area contributed by atoms with E-state index in [1.54, 1.807) is 6.07 Å². The first-order valence-corrected chi connectivity index (χ1v) is 10.2. The first-order chi connectivity index (χ1) is 12.2. The van der Waals surface area contributed by atoms with E-state index < -0.39 is 0 Å². The fourth-order valence-electron chi connectivity index (χ4n) is 4.02. The molecule has 0 saturated carbocycles. The smallest absolute Gasteiger partial charge is 0.173 e. The van der Waals surface area contributed by atoms with Crippen molar-refractivity contribution < 1.29 is 4.39 Å². The lowest BCUT2D eigenvalue weighted by Gasteiger charge is -2.38. The number of nitrogens with one attached hydrogen (secondary N) is 1. The van der Waals surface area contributed by atoms with Gasteiger partial charge in [-0.05, 0) is 82.0 Å². The minimum atomic E-state index is -0.232. The maximum Gasteiger partial charge on any atom is 0.173 e. The van der Waals surface area contributed by atoms with E-state index in [1.165, 1.54) is 83.1 Å². The maximum absolute atomic E-state index is 13.4. The van der Waals surface area contributed by atoms with Gasteiger partial charge < -0.3 is 15.1 Å². The highest BCUT2D eigenvalue weighted by molar-refractivity contribution is 7.80. The molecule has 2 aliphatic rings. The molecule has 0 spiro atoms. The zero-order valence-electron chi connectivity index (χ0n) is 15.1. The SMILES string of the molecule is Fc1cccc(NC(=S)N2CCCC[C@H]2CCN2CCCCCC2)c1. The molecule has 25 heavy (non-hydrogen) atoms. The Morgan fingerprint density at radius 1 is 1.08 bits per heavy atom. The molecular weight excluding hydrogens is 333 g/mol. The van der Waals surface area contributed by atoms with Gasteiger partial charge in [0, 0.05) is 24.8 Å². The van der Waals surface area contributed by atoms with Crippen LogP contribution in [0.25, 0.3) is 0 Å². The lowest BCUT2D eigenvalue weighted by atomic mass is 9.99. The van der Waals surface area contributed by atoms with Gasteiger partial charge in [0.2, 0.25) is 0 Å². The van der Waals surface area contributed by atoms with Crippen molar-refractivity contribution in [3.8, 4) is 0 Å². The van der Waals surface area contributed by atoms with Crippen LogP contribution in [0.1, 0.15) is 51.4 Å². The number of piperidine rings is 1. The van der Waals surface area contributed by atoms with Crippen LogP contribution in [0.5, 0.6) is 0 Å². The van der Waals surface area contributed by atoms with E-state index in [-0.39, 0.29) is 5.82 Å². The molecule has 1 aromatic carbocycles. The Morgan fingerprint density at radius 3 is 2.60 bits per heavy atom. The number of anilines is 1. The minimum Gasteiger partial charge on any atom is -0.346 e. The van der Waals surface area contributed by atoms with Gasteiger partial charge in [-0.2, -0.15) is 0 Å². The van der Waals surface area contributed by atoms with E-state index in [1.807, 2.05) is 6.07 Å². The number of rotatable bonds is 4. The van der Waals surface area contributed by atoms with Crippen molar-refractivity contribution in [2.75, 3.05) is 31.5 Å². The first kappa shape index (κ1) is 18.6. The minimum absolute atomic E-state index is 0.232. The molecule has 0 bridgehead atoms. The van der Waals surface area contributed by atoms with E-state index in [9.17, 15) is 4.39 Å². The standard InChI is InChI=1S/C20H30FN3S/c21-17-8-7-9-18(16-17)22-20(25)24-14-6-3-10-19(24)11-15-23-12-4-1-2-5-13-23/h7-9,16,19H,1-6,10-15H2,(H,22,25)/t19-/m0/s1. The van der Waals surface area contributed by atoms with Crippen molar-refractivity contribution in [1.29, 1.82) is 0 Å². The monoisotopic (exact) mass is 363 g/mol. The van der Waals surface area contributed by atoms with Crippen LogP contribution in [0.2, 0.25) is 0 Å². The summed E-state index contributed by atoms with van der Waals surface area (Å²) in [5.41, 5.74) is 0.738. The van der Waals surface area contributed by atoms with Gasteiger partial charge in [0.25, 0.3) is 0 Å². The Kier molecular flexibility index (Phi) is 7.05. The molecule has 1 aromatic rings. The Morgan fingerprint density at radius 2 is 1.84 bits per heavy atom. The summed E-state index contributed by atoms with van der Waals surface area (Å²) in [4.78, 5) is 4.96. The van der Waals surface area contributed by atoms with E-state index in [4.69, 9.17) is 12.2 Å². The fraction of sp³-hybridized carbons (Fsp3) is 0.650. The molecule has 0 aromatic heterocycles. The summed E-state index contributed by atoms with van der Waals surface area (Å²) in [5, 5.41) is 3.98. The molecule has 1 N–H and O–H groups in total. The third-order valence-electron chi connectivity index (χ3n) is 5.44. The lowest BCUT2D eigenvalue weighted by Crippen LogP contribution is -2.47. The Balaban J connectivity index is 1.55. The number of hydrogen-bond acceptors (Lipinski definition) is 2. The summed E-state index contributed by atoms with van der Waals surface area (Å²) in [6.07, 6.45) is 10.3. The predicted octanol–water partition coefficient (Wildman–Crippen LogP) is 4.64. The third-order valence-corrected chi connectivity index (χ3v) is 5.78. The number of hydrogen-bond donors (Lipinski definition) is 1. The Labute approximate surface area is 156 Å². The highest BCUT2D eigenvalue weighted by Gasteiger charge is 2.25. The van der Waals surface area contributed by atoms with Crippen LogP contribution in [0, 0.1) is 5.82 Å². The van der Waals surface area contributed by atoms with Crippen LogP contribution >= 0.6 is 12.2 Å². The van der Waals surface area contributed by atoms with Crippen LogP contribution in [0.3, 0.4) is 0 Å². The van der Waals surface area contributed by atoms with Crippen molar-refractivity contribution >= 4 is 23.0 Å². The quantitative estimate of drug-likeness (QED) is 0.785. The predicted molar refractivity (Wildman–Crippen MR) is 106 cm³/mol. The van der Waals surface area contributed by atoms with Gasteiger partial charge in [0.1, 0.15) is 5.82 Å². The highest BCUT2D eigenvalue weighted by atomic mass is 32.1. The van der Waals surface area contributed by atoms with E-state index in [2.05, 4.69) is 15.1 Å². The molecule has 2 heterocycles. The molecule has 138 valence electrons. The summed E-state index contributed by atoms with van der Waals surface area (Å²) < 4.78 is 13.4. The van der Waals surface area contributed by atoms with E-state index in [0.29, 0.717) is 6.04 Å². The molecule has 0 amide bonds. The van der Waals surface area contributed by atoms with Gasteiger partial charge in [-0.1, -0.05) is 18.9 Å². The van der Waals surface area contributed by atoms with Crippen LogP contribution in [-0.2, 0) is 0 Å². The largest absolute Gasteiger partial charge is 0.346 e. The zero-order chi connectivity index (χ0) is 17.5. The van der Waals surface area contributed by atoms with Gasteiger partial charge >= 0.3 is 0 Å². The second-order valence-electron chi connectivity index (χ2n) is 7.33. The van der Waals surface area contributed by atoms with Crippen LogP contribution in [-0.4, -0.2) is 47.1 Å². The van der Waals surface area contributed by atoms with Gasteiger partial charge in [-0.15, -0.1) is 0 Å². The van der Waals surface area contributed by atoms with E-state index >= 15 is 0 Å². The second-order valence-corrected chi connectivity index (χ2v) is 7.71. The highest BCUT2D eigenvalue weighted by Crippen LogP contribution is 2.22. The third kappa shape index (κ3) is 5.65. The molecular formula is C20H30FN3S. The molecule has 0 unspecified atom stereocenters. The average Bonchev–Trinajstić information content (AvgIpc) is 2.89. The molecule has 3 nitrogen and oxygen atoms in total. The molecule has 0 aliphatic carbocycles. The Hall–Kier alpha value is -1.20. The lowest BCUT2D eigenvalue weighted by molar-refractivity contribution is 0.195. The van der Waals surface area contributed by atoms with Crippen LogP contribution in [0.15, 0.2) is 24.3 Å². The molecule has 2 aliphatic heterocycles. The Bertz CT molecular complexity index is 558. The topological polar surface area (TPSA) is 18.5 Å². The number of halogens is 1. The number of benzene rings is 1. The summed E-state index contributed by atoms with van der Waals surface area (Å²) in [6, 6.07) is 7.05. The molecule has 0 radical (unpaired) electrons. The summed E-state index contributed by atoms with van der Waals surface area (Å²) >= 11 is 5.65. The van der Waals surface area contributed by atoms with Crippen molar-refractivity contribution in [1.82, 2.24) is 9.80 Å². The number of thiocarbonyl (C=S) groups is 1. The van der Waals surface area contributed by atoms with Gasteiger partial charge in [0.05, 0.1) is 0 Å². The molecule has 1 atom stereocenters. The molecule has 2 saturated heterocycles. The molecule has 5 heteroatoms. The van der Waals surface area contributed by atoms with Crippen LogP contribution < -0.4 is 5.32 Å². The van der Waals surface area contributed by atoms with Gasteiger partial charge in [-0.3, -0.25) is 0 Å². The maximum atomic E-state index is 13.4. The van der Waals surface area contributed by atoms with Crippen molar-refractivity contribution in [2.45, 2.75) is 57.4 Å². The first-order valence-electron chi connectivity index (χ1n) is 9.78. The summed E-state index contributed by atoms with van der Waals surface area (Å²) in [7, 11) is 0. The fourth-order valence-corrected chi connectivity index (χ4v) is 4.38. The van der Waals surface area contributed by atoms with Gasteiger partial charge in [0.15, 0.2) is 5.11 Å². The summed E-state index contributed by atoms with van der Waals surface area (Å²) in [5.74, 6) is -0.232. The van der Waals surface area contributed by atoms with Gasteiger partial charge in [-0.25, -0.2) is 4.39 Å².